The van der Waals surface area contributed by atoms with Crippen LogP contribution in [0.5, 0.6) is 0 Å². The number of amides is 2. The molecule has 6 aromatic rings. The van der Waals surface area contributed by atoms with E-state index in [0.717, 1.165) is 32.7 Å². The van der Waals surface area contributed by atoms with Gasteiger partial charge in [-0.25, -0.2) is 0 Å². The number of fused-ring (bicyclic) bond motifs is 1. The predicted octanol–water partition coefficient (Wildman–Crippen LogP) is 7.55. The van der Waals surface area contributed by atoms with E-state index in [9.17, 15) is 14.7 Å². The van der Waals surface area contributed by atoms with Crippen molar-refractivity contribution in [2.45, 2.75) is 49.5 Å². The van der Waals surface area contributed by atoms with Crippen LogP contribution >= 0.6 is 0 Å². The van der Waals surface area contributed by atoms with Gasteiger partial charge in [0.05, 0.1) is 30.9 Å². The van der Waals surface area contributed by atoms with E-state index < -0.39 is 48.1 Å². The van der Waals surface area contributed by atoms with Crippen LogP contribution in [0.15, 0.2) is 176 Å². The van der Waals surface area contributed by atoms with Crippen LogP contribution in [0.1, 0.15) is 48.5 Å². The van der Waals surface area contributed by atoms with Gasteiger partial charge < -0.3 is 24.1 Å². The molecule has 0 aliphatic carbocycles. The van der Waals surface area contributed by atoms with Gasteiger partial charge in [-0.2, -0.15) is 0 Å². The fraction of sp³-hybridized carbons (Fsp3) is 0.191. The van der Waals surface area contributed by atoms with Crippen molar-refractivity contribution in [2.75, 3.05) is 6.61 Å². The minimum Gasteiger partial charge on any atom is -0.368 e. The molecule has 0 radical (unpaired) electrons. The summed E-state index contributed by atoms with van der Waals surface area (Å²) < 4.78 is 27.1. The van der Waals surface area contributed by atoms with Gasteiger partial charge in [0.15, 0.2) is 6.29 Å². The Labute approximate surface area is 320 Å². The van der Waals surface area contributed by atoms with Crippen LogP contribution < -0.4 is 0 Å². The lowest BCUT2D eigenvalue weighted by Crippen LogP contribution is -2.66. The second-order valence-corrected chi connectivity index (χ2v) is 13.7. The van der Waals surface area contributed by atoms with Gasteiger partial charge >= 0.3 is 0 Å². The summed E-state index contributed by atoms with van der Waals surface area (Å²) in [6.07, 6.45) is -4.49. The normalized spacial score (nSPS) is 21.0. The molecule has 6 aromatic carbocycles. The van der Waals surface area contributed by atoms with Gasteiger partial charge in [0.2, 0.25) is 0 Å². The van der Waals surface area contributed by atoms with Gasteiger partial charge in [-0.3, -0.25) is 14.5 Å². The first kappa shape index (κ1) is 36.2. The number of rotatable bonds is 13. The number of carbonyl (C=O) groups is 2. The van der Waals surface area contributed by atoms with Gasteiger partial charge in [0.25, 0.3) is 11.8 Å². The molecule has 1 N–H and O–H groups in total. The van der Waals surface area contributed by atoms with E-state index in [0.29, 0.717) is 0 Å². The Hall–Kier alpha value is -5.74. The van der Waals surface area contributed by atoms with Crippen molar-refractivity contribution in [3.05, 3.63) is 215 Å². The highest BCUT2D eigenvalue weighted by Gasteiger charge is 2.55. The van der Waals surface area contributed by atoms with E-state index in [1.165, 1.54) is 0 Å². The smallest absolute Gasteiger partial charge is 0.262 e. The van der Waals surface area contributed by atoms with E-state index in [2.05, 4.69) is 0 Å². The van der Waals surface area contributed by atoms with Crippen molar-refractivity contribution in [3.8, 4) is 0 Å². The van der Waals surface area contributed by atoms with Crippen LogP contribution in [-0.2, 0) is 37.8 Å². The molecule has 2 aliphatic heterocycles. The van der Waals surface area contributed by atoms with Crippen molar-refractivity contribution < 1.29 is 33.6 Å². The lowest BCUT2D eigenvalue weighted by atomic mass is 9.80. The lowest BCUT2D eigenvalue weighted by molar-refractivity contribution is -0.289. The molecule has 2 amide bonds. The van der Waals surface area contributed by atoms with Crippen LogP contribution in [0.4, 0.5) is 0 Å². The van der Waals surface area contributed by atoms with Crippen molar-refractivity contribution in [1.29, 1.82) is 0 Å². The first-order valence-electron chi connectivity index (χ1n) is 18.5. The van der Waals surface area contributed by atoms with Gasteiger partial charge in [0, 0.05) is 0 Å². The summed E-state index contributed by atoms with van der Waals surface area (Å²) in [4.78, 5) is 29.0. The average molecular weight is 732 g/mol. The largest absolute Gasteiger partial charge is 0.368 e. The maximum atomic E-state index is 14.0. The minimum absolute atomic E-state index is 0.0603. The molecule has 1 unspecified atom stereocenters. The SMILES string of the molecule is O=C1c2ccccc2C(=O)N1[C@H]1C(O)O[C@H](COC(c2ccccc2)(c2ccccc2)c2ccccc2)[C@@H](OCc2ccccc2)[C@@H]1OCc1ccccc1. The molecule has 0 spiro atoms. The van der Waals surface area contributed by atoms with Crippen LogP contribution in [-0.4, -0.2) is 59.1 Å². The van der Waals surface area contributed by atoms with Crippen molar-refractivity contribution >= 4 is 11.8 Å². The zero-order chi connectivity index (χ0) is 37.6. The number of hydrogen-bond acceptors (Lipinski definition) is 7. The maximum Gasteiger partial charge on any atom is 0.262 e. The fourth-order valence-electron chi connectivity index (χ4n) is 7.70. The molecule has 5 atom stereocenters. The molecule has 276 valence electrons. The Morgan fingerprint density at radius 1 is 0.527 bits per heavy atom. The van der Waals surface area contributed by atoms with Crippen LogP contribution in [0.2, 0.25) is 0 Å². The third-order valence-electron chi connectivity index (χ3n) is 10.3. The first-order chi connectivity index (χ1) is 27.0. The van der Waals surface area contributed by atoms with Crippen molar-refractivity contribution in [2.24, 2.45) is 0 Å². The predicted molar refractivity (Wildman–Crippen MR) is 207 cm³/mol. The molecular weight excluding hydrogens is 691 g/mol. The number of aliphatic hydroxyl groups excluding tert-OH is 1. The maximum absolute atomic E-state index is 14.0. The molecular formula is C47H41NO7. The molecule has 1 saturated heterocycles. The number of hydrogen-bond donors (Lipinski definition) is 1. The van der Waals surface area contributed by atoms with Crippen LogP contribution in [0.3, 0.4) is 0 Å². The summed E-state index contributed by atoms with van der Waals surface area (Å²) >= 11 is 0. The Morgan fingerprint density at radius 2 is 0.909 bits per heavy atom. The van der Waals surface area contributed by atoms with Gasteiger partial charge in [-0.15, -0.1) is 0 Å². The fourth-order valence-corrected chi connectivity index (χ4v) is 7.70. The topological polar surface area (TPSA) is 94.5 Å². The molecule has 8 rings (SSSR count). The Balaban J connectivity index is 1.21. The van der Waals surface area contributed by atoms with E-state index in [-0.39, 0.29) is 30.9 Å². The first-order valence-corrected chi connectivity index (χ1v) is 18.5. The van der Waals surface area contributed by atoms with Crippen LogP contribution in [0.25, 0.3) is 0 Å². The number of imide groups is 1. The second-order valence-electron chi connectivity index (χ2n) is 13.7. The quantitative estimate of drug-likeness (QED) is 0.0969. The Kier molecular flexibility index (Phi) is 10.8. The van der Waals surface area contributed by atoms with E-state index in [1.807, 2.05) is 152 Å². The molecule has 8 heteroatoms. The van der Waals surface area contributed by atoms with Crippen molar-refractivity contribution in [1.82, 2.24) is 4.90 Å². The molecule has 2 aliphatic rings. The number of benzene rings is 6. The molecule has 1 fully saturated rings. The molecule has 8 nitrogen and oxygen atoms in total. The monoisotopic (exact) mass is 731 g/mol. The van der Waals surface area contributed by atoms with Crippen molar-refractivity contribution in [3.63, 3.8) is 0 Å². The summed E-state index contributed by atoms with van der Waals surface area (Å²) in [7, 11) is 0. The molecule has 0 bridgehead atoms. The van der Waals surface area contributed by atoms with Gasteiger partial charge in [-0.05, 0) is 39.9 Å². The number of carbonyl (C=O) groups excluding carboxylic acids is 2. The zero-order valence-electron chi connectivity index (χ0n) is 30.1. The van der Waals surface area contributed by atoms with E-state index >= 15 is 0 Å². The zero-order valence-corrected chi connectivity index (χ0v) is 30.1. The molecule has 2 heterocycles. The number of ether oxygens (including phenoxy) is 4. The van der Waals surface area contributed by atoms with Gasteiger partial charge in [0.1, 0.15) is 30.0 Å². The summed E-state index contributed by atoms with van der Waals surface area (Å²) in [5.74, 6) is -1.07. The Morgan fingerprint density at radius 3 is 1.35 bits per heavy atom. The van der Waals surface area contributed by atoms with E-state index in [4.69, 9.17) is 18.9 Å². The standard InChI is InChI=1S/C47H41NO7/c49-44-38-28-16-17-29-39(38)45(50)48(44)41-43(53-31-34-20-8-2-9-21-34)42(52-30-33-18-6-1-7-19-33)40(55-46(41)51)32-54-47(35-22-10-3-11-23-35,36-24-12-4-13-25-36)37-26-14-5-15-27-37/h1-29,40-43,46,51H,30-32H2/t40-,41-,42-,43-,46?/m1/s1. The molecule has 0 saturated carbocycles. The highest BCUT2D eigenvalue weighted by molar-refractivity contribution is 6.21. The summed E-state index contributed by atoms with van der Waals surface area (Å²) in [6.45, 7) is 0.233. The molecule has 55 heavy (non-hydrogen) atoms. The average Bonchev–Trinajstić information content (AvgIpc) is 3.50. The number of nitrogens with zero attached hydrogens (tertiary/aromatic N) is 1. The third-order valence-corrected chi connectivity index (χ3v) is 10.3. The second kappa shape index (κ2) is 16.3. The van der Waals surface area contributed by atoms with E-state index in [1.54, 1.807) is 24.3 Å². The molecule has 0 aromatic heterocycles. The lowest BCUT2D eigenvalue weighted by Gasteiger charge is -2.47. The highest BCUT2D eigenvalue weighted by atomic mass is 16.7. The summed E-state index contributed by atoms with van der Waals surface area (Å²) in [6, 6.07) is 54.7. The van der Waals surface area contributed by atoms with Gasteiger partial charge in [-0.1, -0.05) is 164 Å². The Bertz CT molecular complexity index is 2050. The minimum atomic E-state index is -1.63. The number of aliphatic hydroxyl groups is 1. The summed E-state index contributed by atoms with van der Waals surface area (Å²) in [5, 5.41) is 12.0. The summed E-state index contributed by atoms with van der Waals surface area (Å²) in [5.41, 5.74) is 3.88. The van der Waals surface area contributed by atoms with Crippen LogP contribution in [0, 0.1) is 0 Å². The third kappa shape index (κ3) is 7.26. The highest BCUT2D eigenvalue weighted by Crippen LogP contribution is 2.42.